The highest BCUT2D eigenvalue weighted by molar-refractivity contribution is 5.90. The van der Waals surface area contributed by atoms with Gasteiger partial charge < -0.3 is 5.32 Å². The number of hydrogen-bond donors (Lipinski definition) is 2. The molecule has 1 aliphatic heterocycles. The first-order chi connectivity index (χ1) is 11.5. The molecule has 0 bridgehead atoms. The summed E-state index contributed by atoms with van der Waals surface area (Å²) in [5.74, 6) is 1.90. The number of rotatable bonds is 5. The molecule has 7 nitrogen and oxygen atoms in total. The lowest BCUT2D eigenvalue weighted by Crippen LogP contribution is -2.37. The van der Waals surface area contributed by atoms with Crippen LogP contribution in [0.2, 0.25) is 0 Å². The highest BCUT2D eigenvalue weighted by atomic mass is 16.1. The maximum Gasteiger partial charge on any atom is 0.227 e. The van der Waals surface area contributed by atoms with Gasteiger partial charge in [-0.1, -0.05) is 0 Å². The molecule has 2 aromatic heterocycles. The van der Waals surface area contributed by atoms with Crippen LogP contribution in [-0.2, 0) is 4.79 Å². The largest absolute Gasteiger partial charge is 0.311 e. The Bertz CT molecular complexity index is 711. The van der Waals surface area contributed by atoms with E-state index < -0.39 is 0 Å². The number of aryl methyl sites for hydroxylation is 1. The summed E-state index contributed by atoms with van der Waals surface area (Å²) < 4.78 is 0. The number of nitrogens with one attached hydrogen (secondary N) is 2. The molecule has 1 amide bonds. The summed E-state index contributed by atoms with van der Waals surface area (Å²) >= 11 is 0. The van der Waals surface area contributed by atoms with Crippen LogP contribution in [0, 0.1) is 6.92 Å². The smallest absolute Gasteiger partial charge is 0.227 e. The molecule has 0 spiro atoms. The number of pyridine rings is 1. The quantitative estimate of drug-likeness (QED) is 0.880. The molecule has 1 atom stereocenters. The van der Waals surface area contributed by atoms with Crippen molar-refractivity contribution in [2.75, 3.05) is 11.9 Å². The minimum absolute atomic E-state index is 0.00312. The predicted octanol–water partition coefficient (Wildman–Crippen LogP) is 2.38. The van der Waals surface area contributed by atoms with E-state index >= 15 is 0 Å². The fraction of sp³-hybridized carbons (Fsp3) is 0.529. The fourth-order valence-electron chi connectivity index (χ4n) is 3.27. The maximum absolute atomic E-state index is 12.4. The van der Waals surface area contributed by atoms with Crippen LogP contribution in [0.1, 0.15) is 38.9 Å². The van der Waals surface area contributed by atoms with Gasteiger partial charge in [0.25, 0.3) is 0 Å². The van der Waals surface area contributed by atoms with Gasteiger partial charge in [-0.2, -0.15) is 5.10 Å². The number of carbonyl (C=O) groups excluding carboxylic acids is 1. The molecule has 128 valence electrons. The third kappa shape index (κ3) is 3.79. The third-order valence-corrected chi connectivity index (χ3v) is 4.39. The topological polar surface area (TPSA) is 86.8 Å². The van der Waals surface area contributed by atoms with Gasteiger partial charge in [-0.15, -0.1) is 0 Å². The van der Waals surface area contributed by atoms with Gasteiger partial charge in [0.05, 0.1) is 0 Å². The maximum atomic E-state index is 12.4. The molecule has 3 heterocycles. The molecule has 0 radical (unpaired) electrons. The lowest BCUT2D eigenvalue weighted by atomic mass is 10.1. The number of hydrogen-bond acceptors (Lipinski definition) is 5. The Morgan fingerprint density at radius 3 is 3.04 bits per heavy atom. The zero-order chi connectivity index (χ0) is 17.1. The average Bonchev–Trinajstić information content (AvgIpc) is 3.16. The molecule has 1 aliphatic rings. The lowest BCUT2D eigenvalue weighted by Gasteiger charge is -2.27. The third-order valence-electron chi connectivity index (χ3n) is 4.39. The molecule has 1 fully saturated rings. The van der Waals surface area contributed by atoms with Gasteiger partial charge in [0.2, 0.25) is 5.91 Å². The number of carbonyl (C=O) groups is 1. The van der Waals surface area contributed by atoms with E-state index in [9.17, 15) is 4.79 Å². The number of aromatic amines is 1. The number of aromatic nitrogens is 4. The van der Waals surface area contributed by atoms with Gasteiger partial charge in [0.15, 0.2) is 5.82 Å². The summed E-state index contributed by atoms with van der Waals surface area (Å²) in [5, 5.41) is 9.85. The highest BCUT2D eigenvalue weighted by Crippen LogP contribution is 2.23. The van der Waals surface area contributed by atoms with Crippen LogP contribution in [0.5, 0.6) is 0 Å². The minimum atomic E-state index is 0.00312. The van der Waals surface area contributed by atoms with E-state index in [1.54, 1.807) is 12.3 Å². The van der Waals surface area contributed by atoms with Gasteiger partial charge in [0.1, 0.15) is 11.6 Å². The second-order valence-corrected chi connectivity index (χ2v) is 6.55. The SMILES string of the molecule is Cc1nc(-c2ccnc(NC(=O)CC3CCCN3C(C)C)c2)n[nH]1. The fourth-order valence-corrected chi connectivity index (χ4v) is 3.27. The molecule has 2 aromatic rings. The van der Waals surface area contributed by atoms with Gasteiger partial charge in [-0.25, -0.2) is 9.97 Å². The molecule has 7 heteroatoms. The molecule has 24 heavy (non-hydrogen) atoms. The van der Waals surface area contributed by atoms with E-state index in [0.29, 0.717) is 30.1 Å². The molecule has 0 aliphatic carbocycles. The van der Waals surface area contributed by atoms with Crippen molar-refractivity contribution in [3.63, 3.8) is 0 Å². The predicted molar refractivity (Wildman–Crippen MR) is 92.5 cm³/mol. The average molecular weight is 328 g/mol. The standard InChI is InChI=1S/C17H24N6O/c1-11(2)23-8-4-5-14(23)10-16(24)20-15-9-13(6-7-18-15)17-19-12(3)21-22-17/h6-7,9,11,14H,4-5,8,10H2,1-3H3,(H,18,20,24)(H,19,21,22). The molecule has 0 saturated carbocycles. The molecular weight excluding hydrogens is 304 g/mol. The number of anilines is 1. The minimum Gasteiger partial charge on any atom is -0.311 e. The number of likely N-dealkylation sites (tertiary alicyclic amines) is 1. The Morgan fingerprint density at radius 1 is 1.50 bits per heavy atom. The summed E-state index contributed by atoms with van der Waals surface area (Å²) in [7, 11) is 0. The zero-order valence-electron chi connectivity index (χ0n) is 14.4. The summed E-state index contributed by atoms with van der Waals surface area (Å²) in [6.07, 6.45) is 4.40. The van der Waals surface area contributed by atoms with Crippen LogP contribution >= 0.6 is 0 Å². The summed E-state index contributed by atoms with van der Waals surface area (Å²) in [4.78, 5) is 23.3. The van der Waals surface area contributed by atoms with Crippen molar-refractivity contribution in [3.05, 3.63) is 24.2 Å². The summed E-state index contributed by atoms with van der Waals surface area (Å²) in [6, 6.07) is 4.43. The Balaban J connectivity index is 1.64. The van der Waals surface area contributed by atoms with Gasteiger partial charge in [-0.05, 0) is 52.3 Å². The van der Waals surface area contributed by atoms with Crippen molar-refractivity contribution in [1.29, 1.82) is 0 Å². The first-order valence-electron chi connectivity index (χ1n) is 8.44. The Kier molecular flexibility index (Phi) is 4.89. The van der Waals surface area contributed by atoms with E-state index in [1.807, 2.05) is 13.0 Å². The van der Waals surface area contributed by atoms with Crippen molar-refractivity contribution < 1.29 is 4.79 Å². The van der Waals surface area contributed by atoms with E-state index in [-0.39, 0.29) is 5.91 Å². The highest BCUT2D eigenvalue weighted by Gasteiger charge is 2.28. The van der Waals surface area contributed by atoms with Crippen molar-refractivity contribution in [2.45, 2.75) is 52.1 Å². The zero-order valence-corrected chi connectivity index (χ0v) is 14.4. The first kappa shape index (κ1) is 16.6. The number of nitrogens with zero attached hydrogens (tertiary/aromatic N) is 4. The second kappa shape index (κ2) is 7.09. The van der Waals surface area contributed by atoms with Crippen LogP contribution in [0.15, 0.2) is 18.3 Å². The Labute approximate surface area is 141 Å². The van der Waals surface area contributed by atoms with Gasteiger partial charge in [0, 0.05) is 30.3 Å². The summed E-state index contributed by atoms with van der Waals surface area (Å²) in [5.41, 5.74) is 0.828. The van der Waals surface area contributed by atoms with Crippen LogP contribution < -0.4 is 5.32 Å². The van der Waals surface area contributed by atoms with E-state index in [0.717, 1.165) is 30.8 Å². The Hall–Kier alpha value is -2.28. The number of H-pyrrole nitrogens is 1. The first-order valence-corrected chi connectivity index (χ1v) is 8.44. The monoisotopic (exact) mass is 328 g/mol. The van der Waals surface area contributed by atoms with Crippen LogP contribution in [-0.4, -0.2) is 49.6 Å². The lowest BCUT2D eigenvalue weighted by molar-refractivity contribution is -0.117. The van der Waals surface area contributed by atoms with E-state index in [2.05, 4.69) is 44.2 Å². The van der Waals surface area contributed by atoms with Crippen LogP contribution in [0.25, 0.3) is 11.4 Å². The van der Waals surface area contributed by atoms with Crippen molar-refractivity contribution >= 4 is 11.7 Å². The molecule has 0 aromatic carbocycles. The molecule has 3 rings (SSSR count). The molecule has 1 saturated heterocycles. The Morgan fingerprint density at radius 2 is 2.33 bits per heavy atom. The second-order valence-electron chi connectivity index (χ2n) is 6.55. The van der Waals surface area contributed by atoms with Crippen LogP contribution in [0.4, 0.5) is 5.82 Å². The van der Waals surface area contributed by atoms with Crippen molar-refractivity contribution in [1.82, 2.24) is 25.1 Å². The molecular formula is C17H24N6O. The van der Waals surface area contributed by atoms with Gasteiger partial charge in [-0.3, -0.25) is 14.8 Å². The van der Waals surface area contributed by atoms with E-state index in [1.165, 1.54) is 0 Å². The van der Waals surface area contributed by atoms with Crippen molar-refractivity contribution in [3.8, 4) is 11.4 Å². The molecule has 2 N–H and O–H groups in total. The summed E-state index contributed by atoms with van der Waals surface area (Å²) in [6.45, 7) is 7.29. The van der Waals surface area contributed by atoms with Crippen molar-refractivity contribution in [2.24, 2.45) is 0 Å². The van der Waals surface area contributed by atoms with Gasteiger partial charge >= 0.3 is 0 Å². The normalized spacial score (nSPS) is 18.2. The van der Waals surface area contributed by atoms with Crippen LogP contribution in [0.3, 0.4) is 0 Å². The van der Waals surface area contributed by atoms with E-state index in [4.69, 9.17) is 0 Å². The molecule has 1 unspecified atom stereocenters. The number of amides is 1.